The maximum absolute atomic E-state index is 11.8. The molecule has 1 N–H and O–H groups in total. The monoisotopic (exact) mass is 349 g/mol. The molecule has 0 spiro atoms. The van der Waals surface area contributed by atoms with Crippen LogP contribution in [0, 0.1) is 10.1 Å². The van der Waals surface area contributed by atoms with E-state index in [1.807, 2.05) is 36.4 Å². The lowest BCUT2D eigenvalue weighted by Crippen LogP contribution is -2.24. The number of ether oxygens (including phenoxy) is 1. The van der Waals surface area contributed by atoms with Gasteiger partial charge in [0.25, 0.3) is 11.6 Å². The zero-order valence-electron chi connectivity index (χ0n) is 13.7. The van der Waals surface area contributed by atoms with Crippen molar-refractivity contribution in [1.29, 1.82) is 0 Å². The van der Waals surface area contributed by atoms with Crippen LogP contribution in [0.2, 0.25) is 0 Å². The lowest BCUT2D eigenvalue weighted by Gasteiger charge is -2.06. The molecule has 3 aromatic carbocycles. The fourth-order valence-electron chi connectivity index (χ4n) is 2.34. The molecule has 0 radical (unpaired) electrons. The quantitative estimate of drug-likeness (QED) is 0.420. The summed E-state index contributed by atoms with van der Waals surface area (Å²) in [5, 5.41) is 16.6. The second-order valence-electron chi connectivity index (χ2n) is 5.44. The average Bonchev–Trinajstić information content (AvgIpc) is 2.66. The van der Waals surface area contributed by atoms with Gasteiger partial charge >= 0.3 is 0 Å². The molecule has 0 fully saturated rings. The Morgan fingerprint density at radius 1 is 1.08 bits per heavy atom. The summed E-state index contributed by atoms with van der Waals surface area (Å²) in [6, 6.07) is 19.4. The summed E-state index contributed by atoms with van der Waals surface area (Å²) < 4.78 is 5.45. The molecule has 7 heteroatoms. The highest BCUT2D eigenvalue weighted by Crippen LogP contribution is 2.20. The minimum atomic E-state index is -0.493. The van der Waals surface area contributed by atoms with E-state index in [9.17, 15) is 14.9 Å². The van der Waals surface area contributed by atoms with Crippen molar-refractivity contribution in [2.24, 2.45) is 5.10 Å². The highest BCUT2D eigenvalue weighted by molar-refractivity contribution is 5.85. The molecule has 0 bridgehead atoms. The molecular weight excluding hydrogens is 334 g/mol. The molecule has 3 aromatic rings. The van der Waals surface area contributed by atoms with Gasteiger partial charge in [0.2, 0.25) is 0 Å². The number of nitro benzene ring substituents is 1. The third-order valence-electron chi connectivity index (χ3n) is 3.57. The van der Waals surface area contributed by atoms with Crippen molar-refractivity contribution in [2.45, 2.75) is 0 Å². The molecule has 0 unspecified atom stereocenters. The molecule has 0 aliphatic heterocycles. The Morgan fingerprint density at radius 2 is 1.88 bits per heavy atom. The van der Waals surface area contributed by atoms with E-state index in [4.69, 9.17) is 4.74 Å². The predicted octanol–water partition coefficient (Wildman–Crippen LogP) is 3.28. The first kappa shape index (κ1) is 17.1. The van der Waals surface area contributed by atoms with E-state index in [0.717, 1.165) is 10.8 Å². The summed E-state index contributed by atoms with van der Waals surface area (Å²) in [5.74, 6) is 0.154. The molecule has 26 heavy (non-hydrogen) atoms. The van der Waals surface area contributed by atoms with E-state index in [1.54, 1.807) is 18.2 Å². The van der Waals surface area contributed by atoms with Crippen LogP contribution in [-0.2, 0) is 4.79 Å². The number of hydrogen-bond donors (Lipinski definition) is 1. The van der Waals surface area contributed by atoms with Gasteiger partial charge < -0.3 is 4.74 Å². The van der Waals surface area contributed by atoms with Crippen molar-refractivity contribution in [3.8, 4) is 5.75 Å². The number of fused-ring (bicyclic) bond motifs is 1. The van der Waals surface area contributed by atoms with Gasteiger partial charge in [-0.3, -0.25) is 14.9 Å². The van der Waals surface area contributed by atoms with Gasteiger partial charge in [-0.25, -0.2) is 5.43 Å². The van der Waals surface area contributed by atoms with Crippen LogP contribution in [0.4, 0.5) is 5.69 Å². The fraction of sp³-hybridized carbons (Fsp3) is 0.0526. The minimum absolute atomic E-state index is 0.0417. The highest BCUT2D eigenvalue weighted by Gasteiger charge is 2.05. The number of amides is 1. The molecule has 0 aromatic heterocycles. The second-order valence-corrected chi connectivity index (χ2v) is 5.44. The van der Waals surface area contributed by atoms with Crippen molar-refractivity contribution in [3.05, 3.63) is 82.4 Å². The van der Waals surface area contributed by atoms with Gasteiger partial charge in [-0.2, -0.15) is 5.10 Å². The predicted molar refractivity (Wildman–Crippen MR) is 98.3 cm³/mol. The van der Waals surface area contributed by atoms with Crippen LogP contribution in [0.15, 0.2) is 71.8 Å². The summed E-state index contributed by atoms with van der Waals surface area (Å²) in [6.07, 6.45) is 1.33. The van der Waals surface area contributed by atoms with Crippen LogP contribution >= 0.6 is 0 Å². The number of rotatable bonds is 6. The van der Waals surface area contributed by atoms with Gasteiger partial charge in [0.05, 0.1) is 11.1 Å². The van der Waals surface area contributed by atoms with E-state index < -0.39 is 10.8 Å². The summed E-state index contributed by atoms with van der Waals surface area (Å²) in [7, 11) is 0. The van der Waals surface area contributed by atoms with Gasteiger partial charge in [0.1, 0.15) is 5.75 Å². The number of nitro groups is 1. The van der Waals surface area contributed by atoms with E-state index >= 15 is 0 Å². The van der Waals surface area contributed by atoms with Crippen molar-refractivity contribution in [1.82, 2.24) is 5.43 Å². The number of nitrogens with zero attached hydrogens (tertiary/aromatic N) is 2. The lowest BCUT2D eigenvalue weighted by atomic mass is 10.1. The molecule has 0 aliphatic carbocycles. The first-order chi connectivity index (χ1) is 12.6. The smallest absolute Gasteiger partial charge is 0.277 e. The zero-order valence-corrected chi connectivity index (χ0v) is 13.7. The average molecular weight is 349 g/mol. The third kappa shape index (κ3) is 4.41. The highest BCUT2D eigenvalue weighted by atomic mass is 16.6. The normalized spacial score (nSPS) is 10.8. The van der Waals surface area contributed by atoms with Gasteiger partial charge in [-0.15, -0.1) is 0 Å². The number of hydrogen-bond acceptors (Lipinski definition) is 5. The summed E-state index contributed by atoms with van der Waals surface area (Å²) >= 11 is 0. The Kier molecular flexibility index (Phi) is 5.19. The number of non-ortho nitro benzene ring substituents is 1. The van der Waals surface area contributed by atoms with Crippen LogP contribution in [0.25, 0.3) is 10.8 Å². The Balaban J connectivity index is 1.53. The van der Waals surface area contributed by atoms with E-state index in [1.165, 1.54) is 18.3 Å². The van der Waals surface area contributed by atoms with Crippen LogP contribution in [0.1, 0.15) is 5.56 Å². The van der Waals surface area contributed by atoms with Gasteiger partial charge in [-0.1, -0.05) is 42.5 Å². The minimum Gasteiger partial charge on any atom is -0.484 e. The van der Waals surface area contributed by atoms with E-state index in [2.05, 4.69) is 10.5 Å². The molecular formula is C19H15N3O4. The fourth-order valence-corrected chi connectivity index (χ4v) is 2.34. The SMILES string of the molecule is O=C(COc1ccc2ccccc2c1)N/N=C/c1cccc([N+](=O)[O-])c1. The number of carbonyl (C=O) groups is 1. The molecule has 130 valence electrons. The van der Waals surface area contributed by atoms with Crippen LogP contribution in [-0.4, -0.2) is 23.7 Å². The lowest BCUT2D eigenvalue weighted by molar-refractivity contribution is -0.384. The van der Waals surface area contributed by atoms with Crippen molar-refractivity contribution in [2.75, 3.05) is 6.61 Å². The van der Waals surface area contributed by atoms with Crippen molar-refractivity contribution in [3.63, 3.8) is 0 Å². The summed E-state index contributed by atoms with van der Waals surface area (Å²) in [5.41, 5.74) is 2.79. The molecule has 3 rings (SSSR count). The van der Waals surface area contributed by atoms with Crippen LogP contribution in [0.5, 0.6) is 5.75 Å². The number of carbonyl (C=O) groups excluding carboxylic acids is 1. The largest absolute Gasteiger partial charge is 0.484 e. The summed E-state index contributed by atoms with van der Waals surface area (Å²) in [4.78, 5) is 22.0. The van der Waals surface area contributed by atoms with Crippen molar-refractivity contribution < 1.29 is 14.5 Å². The molecule has 0 saturated carbocycles. The Labute approximate surface area is 149 Å². The van der Waals surface area contributed by atoms with Gasteiger partial charge in [-0.05, 0) is 22.9 Å². The summed E-state index contributed by atoms with van der Waals surface area (Å²) in [6.45, 7) is -0.190. The van der Waals surface area contributed by atoms with Crippen LogP contribution in [0.3, 0.4) is 0 Å². The Bertz CT molecular complexity index is 985. The van der Waals surface area contributed by atoms with Gasteiger partial charge in [0.15, 0.2) is 6.61 Å². The maximum atomic E-state index is 11.8. The molecule has 7 nitrogen and oxygen atoms in total. The van der Waals surface area contributed by atoms with Crippen LogP contribution < -0.4 is 10.2 Å². The molecule has 0 aliphatic rings. The second kappa shape index (κ2) is 7.89. The first-order valence-electron chi connectivity index (χ1n) is 7.80. The molecule has 1 amide bonds. The van der Waals surface area contributed by atoms with E-state index in [-0.39, 0.29) is 12.3 Å². The number of nitrogens with one attached hydrogen (secondary N) is 1. The topological polar surface area (TPSA) is 93.8 Å². The zero-order chi connectivity index (χ0) is 18.4. The first-order valence-corrected chi connectivity index (χ1v) is 7.80. The number of benzene rings is 3. The Hall–Kier alpha value is -3.74. The standard InChI is InChI=1S/C19H15N3O4/c23-19(21-20-12-14-4-3-7-17(10-14)22(24)25)13-26-18-9-8-15-5-1-2-6-16(15)11-18/h1-12H,13H2,(H,21,23)/b20-12+. The molecule has 0 atom stereocenters. The Morgan fingerprint density at radius 3 is 2.69 bits per heavy atom. The number of hydrazone groups is 1. The molecule has 0 heterocycles. The van der Waals surface area contributed by atoms with Crippen molar-refractivity contribution >= 4 is 28.6 Å². The third-order valence-corrected chi connectivity index (χ3v) is 3.57. The molecule has 0 saturated heterocycles. The maximum Gasteiger partial charge on any atom is 0.277 e. The van der Waals surface area contributed by atoms with Gasteiger partial charge in [0, 0.05) is 17.7 Å². The van der Waals surface area contributed by atoms with E-state index in [0.29, 0.717) is 11.3 Å².